The van der Waals surface area contributed by atoms with Crippen LogP contribution in [0.4, 0.5) is 0 Å². The Kier molecular flexibility index (Phi) is 27.4. The van der Waals surface area contributed by atoms with Crippen molar-refractivity contribution in [1.82, 2.24) is 0 Å². The van der Waals surface area contributed by atoms with Gasteiger partial charge in [0.05, 0.1) is 37.9 Å². The molecule has 59 heavy (non-hydrogen) atoms. The number of aryl methyl sites for hydroxylation is 2. The lowest BCUT2D eigenvalue weighted by Crippen LogP contribution is -2.29. The van der Waals surface area contributed by atoms with Crippen molar-refractivity contribution >= 4 is 19.8 Å². The average Bonchev–Trinajstić information content (AvgIpc) is 3.63. The molecule has 1 aliphatic carbocycles. The van der Waals surface area contributed by atoms with E-state index in [0.717, 1.165) is 88.6 Å². The number of unbranched alkanes of at least 4 members (excludes halogenated alkanes) is 11. The molecule has 1 fully saturated rings. The summed E-state index contributed by atoms with van der Waals surface area (Å²) in [6, 6.07) is 0. The largest absolute Gasteiger partial charge is 0.472 e. The van der Waals surface area contributed by atoms with Crippen LogP contribution < -0.4 is 5.73 Å². The summed E-state index contributed by atoms with van der Waals surface area (Å²) in [5, 5.41) is 31.4. The van der Waals surface area contributed by atoms with Gasteiger partial charge >= 0.3 is 19.8 Å². The molecule has 1 saturated carbocycles. The number of carbonyl (C=O) groups excluding carboxylic acids is 2. The minimum atomic E-state index is -4.48. The van der Waals surface area contributed by atoms with E-state index in [1.54, 1.807) is 24.3 Å². The third kappa shape index (κ3) is 22.4. The second-order valence-corrected chi connectivity index (χ2v) is 17.6. The van der Waals surface area contributed by atoms with Gasteiger partial charge in [-0.15, -0.1) is 0 Å². The summed E-state index contributed by atoms with van der Waals surface area (Å²) >= 11 is 0. The normalized spacial score (nSPS) is 20.4. The zero-order valence-electron chi connectivity index (χ0n) is 36.5. The Morgan fingerprint density at radius 3 is 2.08 bits per heavy atom. The Bertz CT molecular complexity index is 1410. The fourth-order valence-electron chi connectivity index (χ4n) is 7.43. The highest BCUT2D eigenvalue weighted by molar-refractivity contribution is 7.47. The van der Waals surface area contributed by atoms with E-state index >= 15 is 0 Å². The molecular weight excluding hydrogens is 777 g/mol. The van der Waals surface area contributed by atoms with Crippen LogP contribution in [0.2, 0.25) is 0 Å². The van der Waals surface area contributed by atoms with Crippen molar-refractivity contribution in [3.8, 4) is 0 Å². The van der Waals surface area contributed by atoms with Crippen LogP contribution in [0.15, 0.2) is 28.7 Å². The highest BCUT2D eigenvalue weighted by atomic mass is 31.2. The zero-order chi connectivity index (χ0) is 43.5. The lowest BCUT2D eigenvalue weighted by Gasteiger charge is -2.20. The Morgan fingerprint density at radius 1 is 0.831 bits per heavy atom. The van der Waals surface area contributed by atoms with Crippen LogP contribution in [0.5, 0.6) is 0 Å². The van der Waals surface area contributed by atoms with Crippen LogP contribution >= 0.6 is 7.82 Å². The number of aliphatic hydroxyl groups is 3. The number of rotatable bonds is 34. The molecule has 0 spiro atoms. The third-order valence-electron chi connectivity index (χ3n) is 11.1. The van der Waals surface area contributed by atoms with Crippen LogP contribution in [0.3, 0.4) is 0 Å². The van der Waals surface area contributed by atoms with Gasteiger partial charge in [0.25, 0.3) is 0 Å². The number of ether oxygens (including phenoxy) is 2. The van der Waals surface area contributed by atoms with E-state index in [4.69, 9.17) is 28.7 Å². The number of carbonyl (C=O) groups is 2. The first-order chi connectivity index (χ1) is 28.3. The predicted molar refractivity (Wildman–Crippen MR) is 230 cm³/mol. The molecule has 1 aromatic rings. The number of phosphoric ester groups is 1. The number of esters is 2. The third-order valence-corrected chi connectivity index (χ3v) is 12.1. The van der Waals surface area contributed by atoms with Gasteiger partial charge in [0.15, 0.2) is 6.10 Å². The Balaban J connectivity index is 1.73. The number of aliphatic hydroxyl groups excluding tert-OH is 3. The minimum absolute atomic E-state index is 0.00282. The first kappa shape index (κ1) is 52.8. The van der Waals surface area contributed by atoms with E-state index in [1.807, 2.05) is 0 Å². The standard InChI is InChI=1S/C45H78NO12P/c1-5-7-15-21-36(47)27-28-39-38(40(48)31-41(39)49)22-19-20-26-45(51)57-37(33-56-59(52,53)55-30-29-46)32-54-44(50)25-18-14-12-10-9-11-13-17-24-43-35(4)34(3)42(58-43)23-16-8-6-2/h19-20,27-28,36-41,47-49H,5-18,21-26,29-33,46H2,1-4H3,(H,52,53)/b20-19-,28-27+/t36-,37-,38+,39-,40+,41-/m1/s1. The summed E-state index contributed by atoms with van der Waals surface area (Å²) in [4.78, 5) is 35.3. The fourth-order valence-corrected chi connectivity index (χ4v) is 8.20. The molecule has 2 rings (SSSR count). The molecule has 0 bridgehead atoms. The van der Waals surface area contributed by atoms with E-state index in [0.29, 0.717) is 19.3 Å². The molecule has 13 nitrogen and oxygen atoms in total. The van der Waals surface area contributed by atoms with Crippen molar-refractivity contribution in [2.75, 3.05) is 26.4 Å². The number of phosphoric acid groups is 1. The molecule has 0 aliphatic heterocycles. The van der Waals surface area contributed by atoms with Gasteiger partial charge in [-0.05, 0) is 63.0 Å². The topological polar surface area (TPSA) is 208 Å². The van der Waals surface area contributed by atoms with Crippen LogP contribution in [0.25, 0.3) is 0 Å². The summed E-state index contributed by atoms with van der Waals surface area (Å²) in [7, 11) is -4.48. The van der Waals surface area contributed by atoms with Crippen LogP contribution in [-0.2, 0) is 45.5 Å². The highest BCUT2D eigenvalue weighted by Crippen LogP contribution is 2.43. The van der Waals surface area contributed by atoms with Gasteiger partial charge in [0, 0.05) is 38.1 Å². The molecule has 7 atom stereocenters. The minimum Gasteiger partial charge on any atom is -0.466 e. The summed E-state index contributed by atoms with van der Waals surface area (Å²) in [6.07, 6.45) is 21.7. The maximum atomic E-state index is 12.8. The SMILES string of the molecule is CCCCCc1oc(CCCCCCCCCCC(=O)OC[C@H](COP(=O)(O)OCCN)OC(=O)C/C=C\C[C@H]2[C@@H](/C=C/[C@H](O)CCCCC)[C@H](O)C[C@@H]2O)c(C)c1C. The lowest BCUT2D eigenvalue weighted by atomic mass is 9.89. The second-order valence-electron chi connectivity index (χ2n) is 16.1. The zero-order valence-corrected chi connectivity index (χ0v) is 37.4. The van der Waals surface area contributed by atoms with Gasteiger partial charge in [0.2, 0.25) is 0 Å². The van der Waals surface area contributed by atoms with Crippen molar-refractivity contribution in [2.24, 2.45) is 17.6 Å². The smallest absolute Gasteiger partial charge is 0.466 e. The molecule has 1 unspecified atom stereocenters. The Morgan fingerprint density at radius 2 is 1.44 bits per heavy atom. The molecule has 14 heteroatoms. The molecule has 0 radical (unpaired) electrons. The predicted octanol–water partition coefficient (Wildman–Crippen LogP) is 8.42. The molecule has 1 heterocycles. The average molecular weight is 856 g/mol. The summed E-state index contributed by atoms with van der Waals surface area (Å²) in [6.45, 7) is 7.52. The van der Waals surface area contributed by atoms with Crippen molar-refractivity contribution in [1.29, 1.82) is 0 Å². The molecule has 1 aromatic heterocycles. The molecule has 0 aromatic carbocycles. The molecule has 0 amide bonds. The summed E-state index contributed by atoms with van der Waals surface area (Å²) < 4.78 is 39.0. The van der Waals surface area contributed by atoms with E-state index < -0.39 is 50.8 Å². The maximum Gasteiger partial charge on any atom is 0.472 e. The summed E-state index contributed by atoms with van der Waals surface area (Å²) in [5.74, 6) is 0.510. The van der Waals surface area contributed by atoms with Crippen LogP contribution in [-0.4, -0.2) is 82.9 Å². The molecule has 6 N–H and O–H groups in total. The molecule has 0 saturated heterocycles. The van der Waals surface area contributed by atoms with Gasteiger partial charge in [-0.25, -0.2) is 4.57 Å². The quantitative estimate of drug-likeness (QED) is 0.0191. The number of hydrogen-bond acceptors (Lipinski definition) is 12. The first-order valence-corrected chi connectivity index (χ1v) is 23.9. The van der Waals surface area contributed by atoms with Crippen LogP contribution in [0.1, 0.15) is 158 Å². The van der Waals surface area contributed by atoms with Gasteiger partial charge in [-0.3, -0.25) is 18.6 Å². The van der Waals surface area contributed by atoms with E-state index in [2.05, 4.69) is 27.7 Å². The van der Waals surface area contributed by atoms with Crippen molar-refractivity contribution in [3.05, 3.63) is 47.0 Å². The lowest BCUT2D eigenvalue weighted by molar-refractivity contribution is -0.160. The van der Waals surface area contributed by atoms with E-state index in [-0.39, 0.29) is 50.9 Å². The highest BCUT2D eigenvalue weighted by Gasteiger charge is 2.39. The summed E-state index contributed by atoms with van der Waals surface area (Å²) in [5.41, 5.74) is 7.97. The van der Waals surface area contributed by atoms with Gasteiger partial charge in [-0.2, -0.15) is 0 Å². The number of allylic oxidation sites excluding steroid dienone is 1. The van der Waals surface area contributed by atoms with E-state index in [1.165, 1.54) is 30.4 Å². The van der Waals surface area contributed by atoms with Crippen molar-refractivity contribution in [3.63, 3.8) is 0 Å². The fraction of sp³-hybridized carbons (Fsp3) is 0.778. The van der Waals surface area contributed by atoms with Crippen molar-refractivity contribution < 1.29 is 57.3 Å². The van der Waals surface area contributed by atoms with E-state index in [9.17, 15) is 34.4 Å². The second kappa shape index (κ2) is 30.6. The number of furan rings is 1. The molecule has 340 valence electrons. The monoisotopic (exact) mass is 856 g/mol. The molecular formula is C45H78NO12P. The number of nitrogens with two attached hydrogens (primary N) is 1. The van der Waals surface area contributed by atoms with Gasteiger partial charge < -0.3 is 39.8 Å². The van der Waals surface area contributed by atoms with Crippen molar-refractivity contribution in [2.45, 2.75) is 187 Å². The van der Waals surface area contributed by atoms with Crippen LogP contribution in [0, 0.1) is 25.7 Å². The first-order valence-electron chi connectivity index (χ1n) is 22.4. The van der Waals surface area contributed by atoms with Gasteiger partial charge in [-0.1, -0.05) is 109 Å². The van der Waals surface area contributed by atoms with Gasteiger partial charge in [0.1, 0.15) is 18.1 Å². The Hall–Kier alpha value is -2.35. The Labute approximate surface area is 354 Å². The number of hydrogen-bond donors (Lipinski definition) is 5. The molecule has 1 aliphatic rings. The maximum absolute atomic E-state index is 12.8.